The third-order valence-corrected chi connectivity index (χ3v) is 3.21. The van der Waals surface area contributed by atoms with Gasteiger partial charge in [-0.05, 0) is 36.4 Å². The Bertz CT molecular complexity index is 773. The minimum absolute atomic E-state index is 0.872. The number of rotatable bonds is 2. The molecule has 0 aromatic heterocycles. The fourth-order valence-electron chi connectivity index (χ4n) is 2.04. The van der Waals surface area contributed by atoms with Gasteiger partial charge in [0, 0.05) is 11.8 Å². The van der Waals surface area contributed by atoms with Crippen molar-refractivity contribution in [2.75, 3.05) is 0 Å². The summed E-state index contributed by atoms with van der Waals surface area (Å²) in [5.74, 6) is 0.880. The fourth-order valence-corrected chi connectivity index (χ4v) is 2.04. The summed E-state index contributed by atoms with van der Waals surface area (Å²) < 4.78 is 0. The number of fused-ring (bicyclic) bond motifs is 1. The van der Waals surface area contributed by atoms with Gasteiger partial charge in [0.1, 0.15) is 0 Å². The van der Waals surface area contributed by atoms with Crippen LogP contribution in [0, 0.1) is 0 Å². The topological polar surface area (TPSA) is 46.0 Å². The van der Waals surface area contributed by atoms with Gasteiger partial charge in [-0.15, -0.1) is 0 Å². The van der Waals surface area contributed by atoms with Gasteiger partial charge in [-0.3, -0.25) is 0 Å². The Morgan fingerprint density at radius 3 is 1.75 bits per heavy atom. The molecule has 0 fully saturated rings. The predicted octanol–water partition coefficient (Wildman–Crippen LogP) is 5.66. The van der Waals surface area contributed by atoms with Gasteiger partial charge < -0.3 is 4.84 Å². The molecule has 4 nitrogen and oxygen atoms in total. The maximum Gasteiger partial charge on any atom is 0.162 e. The third-order valence-electron chi connectivity index (χ3n) is 3.21. The summed E-state index contributed by atoms with van der Waals surface area (Å²) in [5.41, 5.74) is 5.52. The number of nitrogens with zero attached hydrogens (tertiary/aromatic N) is 2. The van der Waals surface area contributed by atoms with E-state index in [1.165, 1.54) is 0 Å². The van der Waals surface area contributed by atoms with Crippen molar-refractivity contribution in [3.63, 3.8) is 0 Å². The maximum absolute atomic E-state index is 5.09. The van der Waals surface area contributed by atoms with E-state index in [2.05, 4.69) is 15.7 Å². The monoisotopic (exact) mass is 315 g/mol. The maximum atomic E-state index is 5.09. The average molecular weight is 315 g/mol. The number of hydrogen-bond acceptors (Lipinski definition) is 4. The second-order valence-corrected chi connectivity index (χ2v) is 4.96. The van der Waals surface area contributed by atoms with Crippen LogP contribution in [0.1, 0.15) is 5.56 Å². The van der Waals surface area contributed by atoms with Crippen molar-refractivity contribution in [1.82, 2.24) is 5.48 Å². The lowest BCUT2D eigenvalue weighted by Gasteiger charge is -2.11. The first-order valence-corrected chi connectivity index (χ1v) is 7.61. The van der Waals surface area contributed by atoms with Crippen LogP contribution in [0.2, 0.25) is 0 Å². The fraction of sp³-hybridized carbons (Fsp3) is 0. The molecule has 1 aliphatic heterocycles. The van der Waals surface area contributed by atoms with E-state index < -0.39 is 0 Å². The van der Waals surface area contributed by atoms with Gasteiger partial charge in [-0.1, -0.05) is 54.6 Å². The lowest BCUT2D eigenvalue weighted by molar-refractivity contribution is 0.239. The average Bonchev–Trinajstić information content (AvgIpc) is 2.69. The zero-order valence-corrected chi connectivity index (χ0v) is 13.0. The summed E-state index contributed by atoms with van der Waals surface area (Å²) in [6, 6.07) is 27.2. The lowest BCUT2D eigenvalue weighted by Crippen LogP contribution is -2.13. The molecular formula is C20H17N3O. The summed E-state index contributed by atoms with van der Waals surface area (Å²) in [5, 5.41) is 8.20. The Labute approximate surface area is 141 Å². The van der Waals surface area contributed by atoms with E-state index in [0.717, 1.165) is 22.7 Å². The summed E-state index contributed by atoms with van der Waals surface area (Å²) in [7, 11) is 0. The standard InChI is InChI=1S/C12H10N2.C8H7NO/c1-3-7-11(8-4-1)13-14-12-9-5-2-6-10-12;1-2-4-8-7(3-1)5-6-9-10-8/h1-10H;1-6,9H. The number of hydroxylamine groups is 1. The molecule has 3 aromatic rings. The highest BCUT2D eigenvalue weighted by Gasteiger charge is 2.01. The van der Waals surface area contributed by atoms with Gasteiger partial charge in [0.15, 0.2) is 5.75 Å². The Kier molecular flexibility index (Phi) is 5.35. The Morgan fingerprint density at radius 2 is 1.17 bits per heavy atom. The molecule has 1 N–H and O–H groups in total. The highest BCUT2D eigenvalue weighted by Crippen LogP contribution is 2.20. The number of benzene rings is 3. The van der Waals surface area contributed by atoms with Gasteiger partial charge in [-0.25, -0.2) is 5.48 Å². The molecule has 0 saturated carbocycles. The molecule has 0 atom stereocenters. The van der Waals surface area contributed by atoms with Gasteiger partial charge in [0.05, 0.1) is 11.4 Å². The van der Waals surface area contributed by atoms with Crippen molar-refractivity contribution in [1.29, 1.82) is 0 Å². The first-order valence-electron chi connectivity index (χ1n) is 7.61. The van der Waals surface area contributed by atoms with E-state index >= 15 is 0 Å². The van der Waals surface area contributed by atoms with Crippen molar-refractivity contribution >= 4 is 17.5 Å². The Hall–Kier alpha value is -3.40. The molecule has 24 heavy (non-hydrogen) atoms. The number of para-hydroxylation sites is 1. The first-order chi connectivity index (χ1) is 11.9. The molecule has 0 saturated heterocycles. The summed E-state index contributed by atoms with van der Waals surface area (Å²) in [6.07, 6.45) is 3.74. The van der Waals surface area contributed by atoms with Gasteiger partial charge in [-0.2, -0.15) is 10.2 Å². The molecule has 1 aliphatic rings. The molecule has 0 aliphatic carbocycles. The molecule has 118 valence electrons. The molecule has 3 aromatic carbocycles. The quantitative estimate of drug-likeness (QED) is 0.620. The van der Waals surface area contributed by atoms with Crippen molar-refractivity contribution in [3.05, 3.63) is 96.7 Å². The van der Waals surface area contributed by atoms with E-state index in [4.69, 9.17) is 4.84 Å². The lowest BCUT2D eigenvalue weighted by atomic mass is 10.2. The Balaban J connectivity index is 0.000000149. The highest BCUT2D eigenvalue weighted by atomic mass is 16.6. The zero-order chi connectivity index (χ0) is 16.5. The molecule has 4 rings (SSSR count). The van der Waals surface area contributed by atoms with E-state index in [0.29, 0.717) is 0 Å². The second-order valence-electron chi connectivity index (χ2n) is 4.96. The molecule has 0 amide bonds. The van der Waals surface area contributed by atoms with E-state index in [-0.39, 0.29) is 0 Å². The molecular weight excluding hydrogens is 298 g/mol. The van der Waals surface area contributed by atoms with Crippen molar-refractivity contribution in [2.24, 2.45) is 10.2 Å². The first kappa shape index (κ1) is 15.5. The zero-order valence-electron chi connectivity index (χ0n) is 13.0. The normalized spacial score (nSPS) is 11.7. The molecule has 0 unspecified atom stereocenters. The van der Waals surface area contributed by atoms with Crippen LogP contribution in [0.5, 0.6) is 5.75 Å². The van der Waals surface area contributed by atoms with Crippen LogP contribution in [0.4, 0.5) is 11.4 Å². The molecule has 0 spiro atoms. The van der Waals surface area contributed by atoms with E-state index in [1.807, 2.05) is 91.0 Å². The number of azo groups is 1. The van der Waals surface area contributed by atoms with Crippen LogP contribution in [0.25, 0.3) is 6.08 Å². The molecule has 1 heterocycles. The van der Waals surface area contributed by atoms with Crippen molar-refractivity contribution < 1.29 is 4.84 Å². The molecule has 0 bridgehead atoms. The van der Waals surface area contributed by atoms with Crippen LogP contribution in [0.3, 0.4) is 0 Å². The summed E-state index contributed by atoms with van der Waals surface area (Å²) in [6.45, 7) is 0. The van der Waals surface area contributed by atoms with E-state index in [9.17, 15) is 0 Å². The summed E-state index contributed by atoms with van der Waals surface area (Å²) >= 11 is 0. The molecule has 4 heteroatoms. The van der Waals surface area contributed by atoms with Crippen LogP contribution >= 0.6 is 0 Å². The second kappa shape index (κ2) is 8.29. The highest BCUT2D eigenvalue weighted by molar-refractivity contribution is 5.58. The van der Waals surface area contributed by atoms with Crippen LogP contribution in [-0.4, -0.2) is 0 Å². The third kappa shape index (κ3) is 4.55. The van der Waals surface area contributed by atoms with Crippen molar-refractivity contribution in [3.8, 4) is 5.75 Å². The van der Waals surface area contributed by atoms with Gasteiger partial charge >= 0.3 is 0 Å². The smallest absolute Gasteiger partial charge is 0.162 e. The Morgan fingerprint density at radius 1 is 0.625 bits per heavy atom. The minimum atomic E-state index is 0.872. The van der Waals surface area contributed by atoms with Crippen LogP contribution in [0.15, 0.2) is 101 Å². The number of hydrogen-bond donors (Lipinski definition) is 1. The van der Waals surface area contributed by atoms with E-state index in [1.54, 1.807) is 6.20 Å². The summed E-state index contributed by atoms with van der Waals surface area (Å²) in [4.78, 5) is 5.09. The SMILES string of the molecule is C1=Cc2ccccc2ON1.c1ccc(N=Nc2ccccc2)cc1. The van der Waals surface area contributed by atoms with Crippen LogP contribution in [-0.2, 0) is 0 Å². The van der Waals surface area contributed by atoms with Crippen LogP contribution < -0.4 is 10.3 Å². The number of nitrogens with one attached hydrogen (secondary N) is 1. The van der Waals surface area contributed by atoms with Gasteiger partial charge in [0.2, 0.25) is 0 Å². The molecule has 0 radical (unpaired) electrons. The predicted molar refractivity (Wildman–Crippen MR) is 96.3 cm³/mol. The minimum Gasteiger partial charge on any atom is -0.382 e. The largest absolute Gasteiger partial charge is 0.382 e. The van der Waals surface area contributed by atoms with Gasteiger partial charge in [0.25, 0.3) is 0 Å². The van der Waals surface area contributed by atoms with Crippen molar-refractivity contribution in [2.45, 2.75) is 0 Å².